The van der Waals surface area contributed by atoms with Gasteiger partial charge in [-0.1, -0.05) is 11.6 Å². The standard InChI is InChI=1S/C12H9BrClN5/c1-16-12-17-6-9(14)11(19-12)18-10-3-2-7(5-15)4-8(10)13/h2-4,6H,1H3,(H2,16,17,18,19). The number of nitrogens with zero attached hydrogens (tertiary/aromatic N) is 3. The first kappa shape index (κ1) is 13.6. The third-order valence-corrected chi connectivity index (χ3v) is 3.25. The minimum atomic E-state index is 0.412. The maximum atomic E-state index is 8.81. The first-order valence-electron chi connectivity index (χ1n) is 5.31. The minimum Gasteiger partial charge on any atom is -0.357 e. The summed E-state index contributed by atoms with van der Waals surface area (Å²) >= 11 is 9.42. The molecule has 0 aliphatic rings. The summed E-state index contributed by atoms with van der Waals surface area (Å²) < 4.78 is 0.757. The first-order valence-corrected chi connectivity index (χ1v) is 6.48. The average Bonchev–Trinajstić information content (AvgIpc) is 2.43. The topological polar surface area (TPSA) is 73.6 Å². The van der Waals surface area contributed by atoms with Crippen molar-refractivity contribution >= 4 is 45.0 Å². The highest BCUT2D eigenvalue weighted by atomic mass is 79.9. The maximum absolute atomic E-state index is 8.81. The van der Waals surface area contributed by atoms with Crippen molar-refractivity contribution in [3.63, 3.8) is 0 Å². The summed E-state index contributed by atoms with van der Waals surface area (Å²) in [5.41, 5.74) is 1.34. The summed E-state index contributed by atoms with van der Waals surface area (Å²) in [4.78, 5) is 8.22. The number of nitriles is 1. The van der Waals surface area contributed by atoms with Crippen LogP contribution in [0.2, 0.25) is 5.02 Å². The Morgan fingerprint density at radius 1 is 1.42 bits per heavy atom. The van der Waals surface area contributed by atoms with Crippen LogP contribution in [-0.2, 0) is 0 Å². The number of hydrogen-bond acceptors (Lipinski definition) is 5. The van der Waals surface area contributed by atoms with Crippen LogP contribution in [0.5, 0.6) is 0 Å². The van der Waals surface area contributed by atoms with Crippen molar-refractivity contribution in [2.24, 2.45) is 0 Å². The molecule has 0 radical (unpaired) electrons. The van der Waals surface area contributed by atoms with Crippen LogP contribution in [0.3, 0.4) is 0 Å². The highest BCUT2D eigenvalue weighted by Gasteiger charge is 2.07. The Balaban J connectivity index is 2.33. The lowest BCUT2D eigenvalue weighted by molar-refractivity contribution is 1.15. The number of anilines is 3. The van der Waals surface area contributed by atoms with E-state index in [1.54, 1.807) is 25.2 Å². The zero-order valence-corrected chi connectivity index (χ0v) is 12.2. The third-order valence-electron chi connectivity index (χ3n) is 2.32. The van der Waals surface area contributed by atoms with E-state index < -0.39 is 0 Å². The molecular weight excluding hydrogens is 330 g/mol. The molecule has 0 atom stereocenters. The van der Waals surface area contributed by atoms with E-state index >= 15 is 0 Å². The smallest absolute Gasteiger partial charge is 0.224 e. The van der Waals surface area contributed by atoms with E-state index in [1.807, 2.05) is 0 Å². The summed E-state index contributed by atoms with van der Waals surface area (Å²) in [6.45, 7) is 0. The molecule has 2 rings (SSSR count). The largest absolute Gasteiger partial charge is 0.357 e. The number of rotatable bonds is 3. The zero-order valence-electron chi connectivity index (χ0n) is 9.91. The van der Waals surface area contributed by atoms with E-state index in [2.05, 4.69) is 42.6 Å². The fourth-order valence-electron chi connectivity index (χ4n) is 1.39. The molecule has 0 spiro atoms. The van der Waals surface area contributed by atoms with Crippen molar-refractivity contribution in [3.8, 4) is 6.07 Å². The predicted molar refractivity (Wildman–Crippen MR) is 78.7 cm³/mol. The van der Waals surface area contributed by atoms with Crippen LogP contribution in [0.1, 0.15) is 5.56 Å². The molecule has 1 aromatic carbocycles. The summed E-state index contributed by atoms with van der Waals surface area (Å²) in [5, 5.41) is 15.2. The molecule has 2 N–H and O–H groups in total. The molecule has 7 heteroatoms. The third kappa shape index (κ3) is 3.13. The van der Waals surface area contributed by atoms with Crippen LogP contribution in [0.4, 0.5) is 17.5 Å². The van der Waals surface area contributed by atoms with Crippen molar-refractivity contribution < 1.29 is 0 Å². The van der Waals surface area contributed by atoms with Gasteiger partial charge in [-0.15, -0.1) is 0 Å². The van der Waals surface area contributed by atoms with Crippen LogP contribution in [0.25, 0.3) is 0 Å². The van der Waals surface area contributed by atoms with Crippen molar-refractivity contribution in [2.45, 2.75) is 0 Å². The zero-order chi connectivity index (χ0) is 13.8. The molecule has 0 fully saturated rings. The van der Waals surface area contributed by atoms with Gasteiger partial charge in [0.15, 0.2) is 5.82 Å². The average molecular weight is 339 g/mol. The van der Waals surface area contributed by atoms with Crippen molar-refractivity contribution in [3.05, 3.63) is 39.5 Å². The molecule has 0 saturated carbocycles. The molecule has 1 aromatic heterocycles. The summed E-state index contributed by atoms with van der Waals surface area (Å²) in [6.07, 6.45) is 1.51. The molecule has 0 saturated heterocycles. The summed E-state index contributed by atoms with van der Waals surface area (Å²) in [6, 6.07) is 7.28. The molecule has 1 heterocycles. The molecule has 96 valence electrons. The quantitative estimate of drug-likeness (QED) is 0.895. The second kappa shape index (κ2) is 5.87. The van der Waals surface area contributed by atoms with Gasteiger partial charge in [-0.05, 0) is 34.1 Å². The minimum absolute atomic E-state index is 0.412. The number of hydrogen-bond donors (Lipinski definition) is 2. The number of benzene rings is 1. The second-order valence-corrected chi connectivity index (χ2v) is 4.83. The van der Waals surface area contributed by atoms with Crippen molar-refractivity contribution in [2.75, 3.05) is 17.7 Å². The molecule has 5 nitrogen and oxygen atoms in total. The highest BCUT2D eigenvalue weighted by Crippen LogP contribution is 2.29. The van der Waals surface area contributed by atoms with Gasteiger partial charge >= 0.3 is 0 Å². The Hall–Kier alpha value is -1.84. The van der Waals surface area contributed by atoms with E-state index in [4.69, 9.17) is 16.9 Å². The summed E-state index contributed by atoms with van der Waals surface area (Å²) in [7, 11) is 1.73. The lowest BCUT2D eigenvalue weighted by Gasteiger charge is -2.10. The Morgan fingerprint density at radius 2 is 2.21 bits per heavy atom. The fourth-order valence-corrected chi connectivity index (χ4v) is 2.01. The highest BCUT2D eigenvalue weighted by molar-refractivity contribution is 9.10. The van der Waals surface area contributed by atoms with Crippen LogP contribution >= 0.6 is 27.5 Å². The lowest BCUT2D eigenvalue weighted by atomic mass is 10.2. The number of aromatic nitrogens is 2. The molecule has 0 bridgehead atoms. The van der Waals surface area contributed by atoms with E-state index in [9.17, 15) is 0 Å². The first-order chi connectivity index (χ1) is 9.13. The molecule has 0 aliphatic heterocycles. The van der Waals surface area contributed by atoms with Gasteiger partial charge in [0.25, 0.3) is 0 Å². The SMILES string of the molecule is CNc1ncc(Cl)c(Nc2ccc(C#N)cc2Br)n1. The Labute approximate surface area is 123 Å². The molecule has 0 unspecified atom stereocenters. The van der Waals surface area contributed by atoms with Crippen molar-refractivity contribution in [1.82, 2.24) is 9.97 Å². The molecule has 2 aromatic rings. The van der Waals surface area contributed by atoms with Gasteiger partial charge in [-0.3, -0.25) is 0 Å². The predicted octanol–water partition coefficient (Wildman–Crippen LogP) is 3.55. The van der Waals surface area contributed by atoms with Crippen LogP contribution in [0, 0.1) is 11.3 Å². The Bertz CT molecular complexity index is 653. The van der Waals surface area contributed by atoms with E-state index in [0.29, 0.717) is 22.4 Å². The molecule has 0 aliphatic carbocycles. The van der Waals surface area contributed by atoms with Gasteiger partial charge < -0.3 is 10.6 Å². The lowest BCUT2D eigenvalue weighted by Crippen LogP contribution is -2.01. The monoisotopic (exact) mass is 337 g/mol. The summed E-state index contributed by atoms with van der Waals surface area (Å²) in [5.74, 6) is 0.961. The van der Waals surface area contributed by atoms with Crippen molar-refractivity contribution in [1.29, 1.82) is 5.26 Å². The van der Waals surface area contributed by atoms with Gasteiger partial charge in [0.2, 0.25) is 5.95 Å². The normalized spacial score (nSPS) is 9.79. The van der Waals surface area contributed by atoms with Gasteiger partial charge in [0.1, 0.15) is 5.02 Å². The Kier molecular flexibility index (Phi) is 4.20. The van der Waals surface area contributed by atoms with Crippen LogP contribution in [-0.4, -0.2) is 17.0 Å². The van der Waals surface area contributed by atoms with Crippen LogP contribution in [0.15, 0.2) is 28.9 Å². The van der Waals surface area contributed by atoms with Crippen LogP contribution < -0.4 is 10.6 Å². The molecule has 0 amide bonds. The number of halogens is 2. The van der Waals surface area contributed by atoms with Gasteiger partial charge in [0, 0.05) is 11.5 Å². The van der Waals surface area contributed by atoms with Gasteiger partial charge in [-0.25, -0.2) is 4.98 Å². The second-order valence-electron chi connectivity index (χ2n) is 3.57. The van der Waals surface area contributed by atoms with Gasteiger partial charge in [0.05, 0.1) is 23.5 Å². The van der Waals surface area contributed by atoms with E-state index in [1.165, 1.54) is 6.20 Å². The number of nitrogens with one attached hydrogen (secondary N) is 2. The van der Waals surface area contributed by atoms with E-state index in [0.717, 1.165) is 10.2 Å². The molecule has 19 heavy (non-hydrogen) atoms. The van der Waals surface area contributed by atoms with Gasteiger partial charge in [-0.2, -0.15) is 10.2 Å². The van der Waals surface area contributed by atoms with E-state index in [-0.39, 0.29) is 0 Å². The molecular formula is C12H9BrClN5. The fraction of sp³-hybridized carbons (Fsp3) is 0.0833. The Morgan fingerprint density at radius 3 is 2.84 bits per heavy atom. The maximum Gasteiger partial charge on any atom is 0.224 e.